The van der Waals surface area contributed by atoms with Gasteiger partial charge in [-0.2, -0.15) is 0 Å². The molecule has 0 atom stereocenters. The Balaban J connectivity index is 1.33. The predicted octanol–water partition coefficient (Wildman–Crippen LogP) is 4.12. The molecule has 0 bridgehead atoms. The maximum absolute atomic E-state index is 12.6. The summed E-state index contributed by atoms with van der Waals surface area (Å²) in [5.74, 6) is 0.919. The number of hydrogen-bond donors (Lipinski definition) is 3. The first-order valence-corrected chi connectivity index (χ1v) is 12.3. The van der Waals surface area contributed by atoms with Crippen LogP contribution in [0, 0.1) is 6.92 Å². The topological polar surface area (TPSA) is 129 Å². The molecule has 38 heavy (non-hydrogen) atoms. The van der Waals surface area contributed by atoms with Crippen molar-refractivity contribution >= 4 is 23.2 Å². The van der Waals surface area contributed by atoms with Gasteiger partial charge in [-0.1, -0.05) is 6.08 Å². The van der Waals surface area contributed by atoms with Crippen LogP contribution in [0.15, 0.2) is 78.4 Å². The van der Waals surface area contributed by atoms with Gasteiger partial charge in [-0.05, 0) is 68.3 Å². The van der Waals surface area contributed by atoms with Gasteiger partial charge in [-0.15, -0.1) is 0 Å². The number of imidazole rings is 1. The molecule has 10 heteroatoms. The zero-order valence-corrected chi connectivity index (χ0v) is 21.3. The van der Waals surface area contributed by atoms with Crippen molar-refractivity contribution in [1.82, 2.24) is 24.7 Å². The summed E-state index contributed by atoms with van der Waals surface area (Å²) < 4.78 is 12.8. The van der Waals surface area contributed by atoms with Gasteiger partial charge >= 0.3 is 0 Å². The van der Waals surface area contributed by atoms with Crippen molar-refractivity contribution in [2.75, 3.05) is 25.6 Å². The molecule has 0 radical (unpaired) electrons. The van der Waals surface area contributed by atoms with Crippen molar-refractivity contribution in [1.29, 1.82) is 0 Å². The van der Waals surface area contributed by atoms with Crippen LogP contribution in [-0.2, 0) is 4.74 Å². The highest BCUT2D eigenvalue weighted by Gasteiger charge is 2.15. The van der Waals surface area contributed by atoms with Gasteiger partial charge in [-0.3, -0.25) is 9.20 Å². The number of aromatic nitrogens is 4. The molecular weight excluding hydrogens is 482 g/mol. The van der Waals surface area contributed by atoms with Crippen molar-refractivity contribution in [2.45, 2.75) is 19.8 Å². The Bertz CT molecular complexity index is 1520. The van der Waals surface area contributed by atoms with Crippen LogP contribution < -0.4 is 21.1 Å². The van der Waals surface area contributed by atoms with E-state index < -0.39 is 0 Å². The second-order valence-corrected chi connectivity index (χ2v) is 8.78. The second kappa shape index (κ2) is 11.1. The van der Waals surface area contributed by atoms with E-state index in [2.05, 4.69) is 20.6 Å². The molecule has 0 fully saturated rings. The minimum absolute atomic E-state index is 0.215. The molecule has 0 spiro atoms. The van der Waals surface area contributed by atoms with Crippen LogP contribution in [-0.4, -0.2) is 45.6 Å². The fourth-order valence-electron chi connectivity index (χ4n) is 4.16. The van der Waals surface area contributed by atoms with Gasteiger partial charge in [0.05, 0.1) is 35.6 Å². The largest absolute Gasteiger partial charge is 0.490 e. The van der Waals surface area contributed by atoms with E-state index in [-0.39, 0.29) is 5.91 Å². The first-order chi connectivity index (χ1) is 18.5. The number of carbonyl (C=O) groups is 1. The van der Waals surface area contributed by atoms with E-state index in [0.29, 0.717) is 47.6 Å². The van der Waals surface area contributed by atoms with Crippen LogP contribution in [0.1, 0.15) is 28.9 Å². The van der Waals surface area contributed by atoms with Crippen LogP contribution in [0.3, 0.4) is 0 Å². The summed E-state index contributed by atoms with van der Waals surface area (Å²) in [5.41, 5.74) is 11.8. The number of ether oxygens (including phenoxy) is 2. The number of methoxy groups -OCH3 is 1. The lowest BCUT2D eigenvalue weighted by molar-refractivity contribution is 0.0966. The van der Waals surface area contributed by atoms with Crippen LogP contribution in [0.25, 0.3) is 17.0 Å². The van der Waals surface area contributed by atoms with E-state index in [1.54, 1.807) is 25.4 Å². The number of nitrogens with two attached hydrogens (primary N) is 1. The molecule has 194 valence electrons. The van der Waals surface area contributed by atoms with Crippen molar-refractivity contribution in [3.05, 3.63) is 89.7 Å². The molecule has 1 aliphatic rings. The summed E-state index contributed by atoms with van der Waals surface area (Å²) in [6.45, 7) is 2.90. The van der Waals surface area contributed by atoms with Gasteiger partial charge in [0.1, 0.15) is 18.0 Å². The predicted molar refractivity (Wildman–Crippen MR) is 145 cm³/mol. The van der Waals surface area contributed by atoms with Gasteiger partial charge in [0.25, 0.3) is 5.91 Å². The average molecular weight is 512 g/mol. The van der Waals surface area contributed by atoms with Crippen molar-refractivity contribution < 1.29 is 14.3 Å². The number of nitrogens with zero attached hydrogens (tertiary/aromatic N) is 4. The smallest absolute Gasteiger partial charge is 0.255 e. The van der Waals surface area contributed by atoms with Crippen molar-refractivity contribution in [3.63, 3.8) is 0 Å². The van der Waals surface area contributed by atoms with Crippen LogP contribution >= 0.6 is 0 Å². The number of anilines is 2. The van der Waals surface area contributed by atoms with Crippen LogP contribution in [0.5, 0.6) is 5.75 Å². The van der Waals surface area contributed by atoms with Gasteiger partial charge in [0.2, 0.25) is 5.95 Å². The Morgan fingerprint density at radius 2 is 1.95 bits per heavy atom. The Morgan fingerprint density at radius 1 is 1.11 bits per heavy atom. The molecule has 0 saturated heterocycles. The van der Waals surface area contributed by atoms with E-state index in [0.717, 1.165) is 35.6 Å². The van der Waals surface area contributed by atoms with E-state index in [1.165, 1.54) is 0 Å². The third-order valence-electron chi connectivity index (χ3n) is 6.08. The summed E-state index contributed by atoms with van der Waals surface area (Å²) >= 11 is 0. The van der Waals surface area contributed by atoms with Crippen LogP contribution in [0.4, 0.5) is 11.6 Å². The number of pyridine rings is 1. The van der Waals surface area contributed by atoms with E-state index in [4.69, 9.17) is 20.2 Å². The number of hydrogen-bond acceptors (Lipinski definition) is 8. The molecule has 5 rings (SSSR count). The summed E-state index contributed by atoms with van der Waals surface area (Å²) in [6.07, 6.45) is 9.06. The Morgan fingerprint density at radius 3 is 2.74 bits per heavy atom. The molecule has 1 aliphatic carbocycles. The second-order valence-electron chi connectivity index (χ2n) is 8.78. The highest BCUT2D eigenvalue weighted by Crippen LogP contribution is 2.26. The minimum atomic E-state index is -0.215. The van der Waals surface area contributed by atoms with Crippen molar-refractivity contribution in [3.8, 4) is 17.1 Å². The van der Waals surface area contributed by atoms with Crippen LogP contribution in [0.2, 0.25) is 0 Å². The summed E-state index contributed by atoms with van der Waals surface area (Å²) in [4.78, 5) is 26.4. The molecule has 10 nitrogen and oxygen atoms in total. The Labute approximate surface area is 220 Å². The first kappa shape index (κ1) is 25.0. The van der Waals surface area contributed by atoms with E-state index in [1.807, 2.05) is 60.0 Å². The highest BCUT2D eigenvalue weighted by atomic mass is 16.5. The SMILES string of the molecule is COCCOc1ccc2nc(C)c(-c3ccnc(Nc4ccc(C(=O)NC5=C(N)CCC=C5)cc4)n3)n2c1. The van der Waals surface area contributed by atoms with Crippen molar-refractivity contribution in [2.24, 2.45) is 5.73 Å². The molecule has 0 saturated carbocycles. The molecule has 0 aliphatic heterocycles. The molecular formula is C28H29N7O3. The quantitative estimate of drug-likeness (QED) is 0.286. The minimum Gasteiger partial charge on any atom is -0.490 e. The molecule has 4 N–H and O–H groups in total. The molecule has 3 aromatic heterocycles. The average Bonchev–Trinajstić information content (AvgIpc) is 3.25. The van der Waals surface area contributed by atoms with Gasteiger partial charge in [0, 0.05) is 30.3 Å². The summed E-state index contributed by atoms with van der Waals surface area (Å²) in [6, 6.07) is 12.7. The number of nitrogens with one attached hydrogen (secondary N) is 2. The fourth-order valence-corrected chi connectivity index (χ4v) is 4.16. The first-order valence-electron chi connectivity index (χ1n) is 12.3. The highest BCUT2D eigenvalue weighted by molar-refractivity contribution is 5.96. The molecule has 0 unspecified atom stereocenters. The maximum Gasteiger partial charge on any atom is 0.255 e. The number of aryl methyl sites for hydroxylation is 1. The lowest BCUT2D eigenvalue weighted by Gasteiger charge is -2.13. The standard InChI is InChI=1S/C28H29N7O3/c1-18-26(35-17-21(38-16-15-37-2)11-12-25(35)31-18)24-13-14-30-28(34-24)32-20-9-7-19(8-10-20)27(36)33-23-6-4-3-5-22(23)29/h4,6-14,17H,3,5,15-16,29H2,1-2H3,(H,33,36)(H,30,32,34). The lowest BCUT2D eigenvalue weighted by Crippen LogP contribution is -2.25. The van der Waals surface area contributed by atoms with Gasteiger partial charge in [-0.25, -0.2) is 15.0 Å². The number of allylic oxidation sites excluding steroid dienone is 3. The lowest BCUT2D eigenvalue weighted by atomic mass is 10.1. The Kier molecular flexibility index (Phi) is 7.32. The monoisotopic (exact) mass is 511 g/mol. The number of carbonyl (C=O) groups excluding carboxylic acids is 1. The normalized spacial score (nSPS) is 13.1. The number of fused-ring (bicyclic) bond motifs is 1. The fraction of sp³-hybridized carbons (Fsp3) is 0.214. The number of rotatable bonds is 9. The maximum atomic E-state index is 12.6. The zero-order chi connectivity index (χ0) is 26.5. The number of amides is 1. The molecule has 4 aromatic rings. The zero-order valence-electron chi connectivity index (χ0n) is 21.3. The summed E-state index contributed by atoms with van der Waals surface area (Å²) in [5, 5.41) is 6.09. The van der Waals surface area contributed by atoms with Gasteiger partial charge in [0.15, 0.2) is 0 Å². The third-order valence-corrected chi connectivity index (χ3v) is 6.08. The number of benzene rings is 1. The van der Waals surface area contributed by atoms with Gasteiger partial charge < -0.3 is 25.8 Å². The molecule has 1 aromatic carbocycles. The summed E-state index contributed by atoms with van der Waals surface area (Å²) in [7, 11) is 1.64. The third kappa shape index (κ3) is 5.50. The molecule has 1 amide bonds. The van der Waals surface area contributed by atoms with E-state index in [9.17, 15) is 4.79 Å². The Hall–Kier alpha value is -4.70. The van der Waals surface area contributed by atoms with E-state index >= 15 is 0 Å². The molecule has 3 heterocycles.